The molecule has 28 heavy (non-hydrogen) atoms. The summed E-state index contributed by atoms with van der Waals surface area (Å²) >= 11 is 0. The fraction of sp³-hybridized carbons (Fsp3) is 0.333. The highest BCUT2D eigenvalue weighted by Gasteiger charge is 2.14. The second-order valence-corrected chi connectivity index (χ2v) is 5.34. The van der Waals surface area contributed by atoms with E-state index in [1.54, 1.807) is 24.3 Å². The zero-order valence-corrected chi connectivity index (χ0v) is 14.5. The maximum Gasteiger partial charge on any atom is 0.140 e. The topological polar surface area (TPSA) is 195 Å². The number of rotatable bonds is 8. The minimum atomic E-state index is -1.24. The molecule has 0 aliphatic heterocycles. The maximum absolute atomic E-state index is 9.46. The monoisotopic (exact) mass is 384 g/mol. The highest BCUT2D eigenvalue weighted by Crippen LogP contribution is 2.12. The lowest BCUT2D eigenvalue weighted by molar-refractivity contribution is 0.0519. The number of aliphatic hydroxyl groups excluding tert-OH is 4. The molecule has 0 aromatic heterocycles. The number of hydrogen-bond donors (Lipinski definition) is 4. The van der Waals surface area contributed by atoms with E-state index < -0.39 is 25.4 Å². The van der Waals surface area contributed by atoms with Crippen molar-refractivity contribution in [3.63, 3.8) is 0 Å². The molecule has 10 heteroatoms. The average Bonchev–Trinajstić information content (AvgIpc) is 2.72. The van der Waals surface area contributed by atoms with Crippen LogP contribution in [0.1, 0.15) is 0 Å². The molecule has 2 atom stereocenters. The van der Waals surface area contributed by atoms with Gasteiger partial charge in [0.05, 0.1) is 13.2 Å². The van der Waals surface area contributed by atoms with Gasteiger partial charge in [-0.25, -0.2) is 0 Å². The van der Waals surface area contributed by atoms with Crippen molar-refractivity contribution in [1.29, 1.82) is 21.0 Å². The van der Waals surface area contributed by atoms with Crippen LogP contribution in [0.2, 0.25) is 0 Å². The maximum atomic E-state index is 9.46. The molecule has 0 heterocycles. The summed E-state index contributed by atoms with van der Waals surface area (Å²) in [5, 5.41) is 73.3. The van der Waals surface area contributed by atoms with Gasteiger partial charge in [0.15, 0.2) is 0 Å². The smallest absolute Gasteiger partial charge is 0.140 e. The van der Waals surface area contributed by atoms with E-state index in [-0.39, 0.29) is 46.3 Å². The molecule has 0 spiro atoms. The van der Waals surface area contributed by atoms with E-state index >= 15 is 0 Å². The Morgan fingerprint density at radius 2 is 1.07 bits per heavy atom. The van der Waals surface area contributed by atoms with Crippen molar-refractivity contribution in [1.82, 2.24) is 0 Å². The fourth-order valence-electron chi connectivity index (χ4n) is 1.96. The summed E-state index contributed by atoms with van der Waals surface area (Å²) in [6.07, 6.45) is -2.48. The molecule has 0 saturated carbocycles. The Bertz CT molecular complexity index is 880. The molecule has 144 valence electrons. The van der Waals surface area contributed by atoms with Gasteiger partial charge in [-0.1, -0.05) is 0 Å². The van der Waals surface area contributed by atoms with Crippen LogP contribution in [0.3, 0.4) is 0 Å². The molecule has 0 radical (unpaired) electrons. The molecule has 0 bridgehead atoms. The van der Waals surface area contributed by atoms with Gasteiger partial charge in [0.25, 0.3) is 0 Å². The number of nitriles is 4. The first-order valence-corrected chi connectivity index (χ1v) is 7.82. The van der Waals surface area contributed by atoms with Crippen molar-refractivity contribution in [3.8, 4) is 35.8 Å². The molecule has 0 aliphatic carbocycles. The Labute approximate surface area is 159 Å². The van der Waals surface area contributed by atoms with Gasteiger partial charge >= 0.3 is 0 Å². The zero-order valence-electron chi connectivity index (χ0n) is 14.5. The molecule has 1 aromatic carbocycles. The first kappa shape index (κ1) is 22.4. The first-order chi connectivity index (χ1) is 13.4. The molecule has 2 unspecified atom stereocenters. The molecular weight excluding hydrogens is 368 g/mol. The average molecular weight is 384 g/mol. The normalized spacial score (nSPS) is 11.7. The summed E-state index contributed by atoms with van der Waals surface area (Å²) < 4.78 is 10.7. The SMILES string of the molecule is N#CC(C#N)=c1cc(OCC(O)CO)c(=C(C#N)C#N)cc1OCC(O)CO. The van der Waals surface area contributed by atoms with Crippen LogP contribution in [0.4, 0.5) is 0 Å². The summed E-state index contributed by atoms with van der Waals surface area (Å²) in [6, 6.07) is 9.04. The van der Waals surface area contributed by atoms with E-state index in [2.05, 4.69) is 0 Å². The van der Waals surface area contributed by atoms with Crippen LogP contribution in [0.5, 0.6) is 11.5 Å². The lowest BCUT2D eigenvalue weighted by atomic mass is 10.1. The summed E-state index contributed by atoms with van der Waals surface area (Å²) in [6.45, 7) is -1.96. The van der Waals surface area contributed by atoms with Gasteiger partial charge in [0.1, 0.15) is 72.3 Å². The van der Waals surface area contributed by atoms with Crippen molar-refractivity contribution in [2.24, 2.45) is 0 Å². The first-order valence-electron chi connectivity index (χ1n) is 7.82. The zero-order chi connectivity index (χ0) is 21.1. The quantitative estimate of drug-likeness (QED) is 0.373. The molecule has 0 fully saturated rings. The number of hydrogen-bond acceptors (Lipinski definition) is 10. The van der Waals surface area contributed by atoms with E-state index in [1.807, 2.05) is 0 Å². The minimum absolute atomic E-state index is 0.0393. The van der Waals surface area contributed by atoms with Crippen molar-refractivity contribution < 1.29 is 29.9 Å². The molecule has 0 amide bonds. The lowest BCUT2D eigenvalue weighted by Crippen LogP contribution is -2.27. The predicted molar refractivity (Wildman–Crippen MR) is 92.1 cm³/mol. The van der Waals surface area contributed by atoms with Gasteiger partial charge in [-0.05, 0) is 12.1 Å². The van der Waals surface area contributed by atoms with E-state index in [1.165, 1.54) is 12.1 Å². The second-order valence-electron chi connectivity index (χ2n) is 5.34. The van der Waals surface area contributed by atoms with Gasteiger partial charge in [-0.2, -0.15) is 21.0 Å². The van der Waals surface area contributed by atoms with Crippen LogP contribution in [0.15, 0.2) is 12.1 Å². The summed E-state index contributed by atoms with van der Waals surface area (Å²) in [5.74, 6) is -0.197. The Balaban J connectivity index is 3.77. The number of nitrogens with zero attached hydrogens (tertiary/aromatic N) is 4. The summed E-state index contributed by atoms with van der Waals surface area (Å²) in [5.41, 5.74) is -0.744. The van der Waals surface area contributed by atoms with Crippen LogP contribution in [-0.4, -0.2) is 59.1 Å². The Morgan fingerprint density at radius 3 is 1.32 bits per heavy atom. The van der Waals surface area contributed by atoms with Gasteiger partial charge in [0.2, 0.25) is 0 Å². The number of benzene rings is 1. The molecular formula is C18H16N4O6. The molecule has 10 nitrogen and oxygen atoms in total. The third-order valence-electron chi connectivity index (χ3n) is 3.35. The van der Waals surface area contributed by atoms with E-state index in [0.29, 0.717) is 0 Å². The third-order valence-corrected chi connectivity index (χ3v) is 3.35. The molecule has 1 rings (SSSR count). The van der Waals surface area contributed by atoms with Gasteiger partial charge in [0, 0.05) is 10.4 Å². The lowest BCUT2D eigenvalue weighted by Gasteiger charge is -2.14. The second kappa shape index (κ2) is 11.2. The molecule has 1 aromatic rings. The van der Waals surface area contributed by atoms with E-state index in [4.69, 9.17) is 40.7 Å². The van der Waals surface area contributed by atoms with Crippen molar-refractivity contribution in [2.75, 3.05) is 26.4 Å². The third kappa shape index (κ3) is 5.69. The molecule has 0 saturated heterocycles. The number of aliphatic hydroxyl groups is 4. The predicted octanol–water partition coefficient (Wildman–Crippen LogP) is -2.45. The van der Waals surface area contributed by atoms with Gasteiger partial charge < -0.3 is 29.9 Å². The highest BCUT2D eigenvalue weighted by atomic mass is 16.5. The van der Waals surface area contributed by atoms with Crippen LogP contribution in [-0.2, 0) is 0 Å². The van der Waals surface area contributed by atoms with Crippen LogP contribution < -0.4 is 19.9 Å². The highest BCUT2D eigenvalue weighted by molar-refractivity contribution is 5.77. The van der Waals surface area contributed by atoms with Crippen molar-refractivity contribution in [3.05, 3.63) is 22.6 Å². The van der Waals surface area contributed by atoms with Crippen LogP contribution >= 0.6 is 0 Å². The fourth-order valence-corrected chi connectivity index (χ4v) is 1.96. The van der Waals surface area contributed by atoms with Crippen molar-refractivity contribution >= 4 is 11.1 Å². The van der Waals surface area contributed by atoms with Crippen LogP contribution in [0.25, 0.3) is 11.1 Å². The summed E-state index contributed by atoms with van der Waals surface area (Å²) in [7, 11) is 0. The van der Waals surface area contributed by atoms with Gasteiger partial charge in [-0.3, -0.25) is 0 Å². The van der Waals surface area contributed by atoms with E-state index in [0.717, 1.165) is 0 Å². The summed E-state index contributed by atoms with van der Waals surface area (Å²) in [4.78, 5) is 0. The van der Waals surface area contributed by atoms with E-state index in [9.17, 15) is 10.2 Å². The largest absolute Gasteiger partial charge is 0.490 e. The van der Waals surface area contributed by atoms with Crippen LogP contribution in [0, 0.1) is 45.3 Å². The van der Waals surface area contributed by atoms with Crippen molar-refractivity contribution in [2.45, 2.75) is 12.2 Å². The molecule has 0 aliphatic rings. The Kier molecular flexibility index (Phi) is 8.92. The number of ether oxygens (including phenoxy) is 2. The standard InChI is InChI=1S/C18H16N4O6/c19-3-11(4-20)15-1-17(27-9-13(25)7-23)16(12(5-21)6-22)2-18(15)28-10-14(26)8-24/h1-2,13-14,23-26H,7-10H2. The van der Waals surface area contributed by atoms with Gasteiger partial charge in [-0.15, -0.1) is 0 Å². The minimum Gasteiger partial charge on any atom is -0.490 e. The Hall–Kier alpha value is -3.64. The Morgan fingerprint density at radius 1 is 0.750 bits per heavy atom. The molecule has 4 N–H and O–H groups in total.